The van der Waals surface area contributed by atoms with Crippen LogP contribution in [0.5, 0.6) is 0 Å². The van der Waals surface area contributed by atoms with Crippen LogP contribution in [0.4, 0.5) is 0 Å². The van der Waals surface area contributed by atoms with E-state index < -0.39 is 0 Å². The second kappa shape index (κ2) is 9.84. The fourth-order valence-corrected chi connectivity index (χ4v) is 3.51. The largest absolute Gasteiger partial charge is 0.313 e. The molecule has 0 radical (unpaired) electrons. The van der Waals surface area contributed by atoms with E-state index in [0.717, 1.165) is 18.9 Å². The highest BCUT2D eigenvalue weighted by atomic mass is 79.9. The van der Waals surface area contributed by atoms with Crippen LogP contribution in [-0.2, 0) is 6.42 Å². The summed E-state index contributed by atoms with van der Waals surface area (Å²) in [5.41, 5.74) is 1.41. The van der Waals surface area contributed by atoms with Crippen LogP contribution in [0.15, 0.2) is 28.7 Å². The van der Waals surface area contributed by atoms with Gasteiger partial charge in [0.15, 0.2) is 0 Å². The lowest BCUT2D eigenvalue weighted by atomic mass is 10.1. The van der Waals surface area contributed by atoms with E-state index in [1.54, 1.807) is 0 Å². The summed E-state index contributed by atoms with van der Waals surface area (Å²) in [6.45, 7) is 7.91. The molecule has 0 aliphatic rings. The highest BCUT2D eigenvalue weighted by Crippen LogP contribution is 2.16. The zero-order chi connectivity index (χ0) is 14.1. The topological polar surface area (TPSA) is 12.0 Å². The molecule has 1 nitrogen and oxygen atoms in total. The molecule has 0 fully saturated rings. The van der Waals surface area contributed by atoms with E-state index in [1.807, 2.05) is 0 Å². The van der Waals surface area contributed by atoms with Crippen molar-refractivity contribution < 1.29 is 0 Å². The van der Waals surface area contributed by atoms with E-state index in [4.69, 9.17) is 0 Å². The number of benzene rings is 1. The Labute approximate surface area is 131 Å². The van der Waals surface area contributed by atoms with Gasteiger partial charge in [0.05, 0.1) is 0 Å². The van der Waals surface area contributed by atoms with Crippen molar-refractivity contribution in [3.63, 3.8) is 0 Å². The Bertz CT molecular complexity index is 354. The summed E-state index contributed by atoms with van der Waals surface area (Å²) in [6, 6.07) is 9.24. The van der Waals surface area contributed by atoms with Crippen molar-refractivity contribution >= 4 is 27.7 Å². The first-order valence-electron chi connectivity index (χ1n) is 7.17. The Morgan fingerprint density at radius 3 is 2.68 bits per heavy atom. The van der Waals surface area contributed by atoms with Gasteiger partial charge in [0.2, 0.25) is 0 Å². The van der Waals surface area contributed by atoms with E-state index in [2.05, 4.69) is 78.0 Å². The number of nitrogens with one attached hydrogen (secondary N) is 1. The van der Waals surface area contributed by atoms with Crippen molar-refractivity contribution in [1.29, 1.82) is 0 Å². The summed E-state index contributed by atoms with van der Waals surface area (Å²) < 4.78 is 1.18. The van der Waals surface area contributed by atoms with Gasteiger partial charge in [-0.05, 0) is 48.8 Å². The lowest BCUT2D eigenvalue weighted by Gasteiger charge is -2.19. The predicted octanol–water partition coefficient (Wildman–Crippen LogP) is 4.75. The van der Waals surface area contributed by atoms with E-state index in [1.165, 1.54) is 28.0 Å². The fourth-order valence-electron chi connectivity index (χ4n) is 1.93. The minimum Gasteiger partial charge on any atom is -0.313 e. The van der Waals surface area contributed by atoms with Crippen molar-refractivity contribution in [2.75, 3.05) is 18.1 Å². The van der Waals surface area contributed by atoms with Crippen LogP contribution in [0, 0.1) is 5.92 Å². The van der Waals surface area contributed by atoms with Crippen LogP contribution in [-0.4, -0.2) is 24.1 Å². The van der Waals surface area contributed by atoms with E-state index in [0.29, 0.717) is 6.04 Å². The minimum absolute atomic E-state index is 0.581. The summed E-state index contributed by atoms with van der Waals surface area (Å²) in [4.78, 5) is 0. The highest BCUT2D eigenvalue weighted by Gasteiger charge is 2.09. The molecule has 1 aromatic rings. The van der Waals surface area contributed by atoms with Crippen molar-refractivity contribution in [3.8, 4) is 0 Å². The second-order valence-corrected chi connectivity index (χ2v) is 7.41. The summed E-state index contributed by atoms with van der Waals surface area (Å²) in [7, 11) is 0. The van der Waals surface area contributed by atoms with Crippen molar-refractivity contribution in [3.05, 3.63) is 34.3 Å². The number of thioether (sulfide) groups is 1. The van der Waals surface area contributed by atoms with Gasteiger partial charge in [-0.15, -0.1) is 0 Å². The van der Waals surface area contributed by atoms with Gasteiger partial charge in [0.1, 0.15) is 0 Å². The van der Waals surface area contributed by atoms with Gasteiger partial charge in [-0.25, -0.2) is 0 Å². The SMILES string of the molecule is CCCNC(CSCC(C)C)Cc1cccc(Br)c1. The summed E-state index contributed by atoms with van der Waals surface area (Å²) in [6.07, 6.45) is 2.31. The zero-order valence-electron chi connectivity index (χ0n) is 12.3. The van der Waals surface area contributed by atoms with Gasteiger partial charge < -0.3 is 5.32 Å². The van der Waals surface area contributed by atoms with Gasteiger partial charge in [-0.3, -0.25) is 0 Å². The average Bonchev–Trinajstić information content (AvgIpc) is 2.35. The maximum absolute atomic E-state index is 3.67. The monoisotopic (exact) mass is 343 g/mol. The molecule has 0 aromatic heterocycles. The normalized spacial score (nSPS) is 12.9. The van der Waals surface area contributed by atoms with Crippen LogP contribution < -0.4 is 5.32 Å². The molecule has 1 rings (SSSR count). The molecular formula is C16H26BrNS. The second-order valence-electron chi connectivity index (χ2n) is 5.42. The van der Waals surface area contributed by atoms with Crippen LogP contribution >= 0.6 is 27.7 Å². The standard InChI is InChI=1S/C16H26BrNS/c1-4-8-18-16(12-19-11-13(2)3)10-14-6-5-7-15(17)9-14/h5-7,9,13,16,18H,4,8,10-12H2,1-3H3. The molecular weight excluding hydrogens is 318 g/mol. The molecule has 0 amide bonds. The Hall–Kier alpha value is 0.01000. The Balaban J connectivity index is 2.48. The van der Waals surface area contributed by atoms with Crippen LogP contribution in [0.2, 0.25) is 0 Å². The van der Waals surface area contributed by atoms with E-state index >= 15 is 0 Å². The van der Waals surface area contributed by atoms with Gasteiger partial charge in [0, 0.05) is 16.3 Å². The van der Waals surface area contributed by atoms with Crippen LogP contribution in [0.3, 0.4) is 0 Å². The van der Waals surface area contributed by atoms with Crippen LogP contribution in [0.1, 0.15) is 32.8 Å². The van der Waals surface area contributed by atoms with Gasteiger partial charge >= 0.3 is 0 Å². The molecule has 1 unspecified atom stereocenters. The lowest BCUT2D eigenvalue weighted by Crippen LogP contribution is -2.34. The first-order chi connectivity index (χ1) is 9.11. The third-order valence-corrected chi connectivity index (χ3v) is 4.86. The van der Waals surface area contributed by atoms with Gasteiger partial charge in [0.25, 0.3) is 0 Å². The summed E-state index contributed by atoms with van der Waals surface area (Å²) in [5, 5.41) is 3.67. The molecule has 0 spiro atoms. The van der Waals surface area contributed by atoms with Crippen LogP contribution in [0.25, 0.3) is 0 Å². The van der Waals surface area contributed by atoms with Crippen molar-refractivity contribution in [2.24, 2.45) is 5.92 Å². The third kappa shape index (κ3) is 8.01. The molecule has 0 saturated carbocycles. The Morgan fingerprint density at radius 2 is 2.05 bits per heavy atom. The Morgan fingerprint density at radius 1 is 1.26 bits per heavy atom. The molecule has 1 atom stereocenters. The van der Waals surface area contributed by atoms with Gasteiger partial charge in [-0.1, -0.05) is 48.8 Å². The van der Waals surface area contributed by atoms with Crippen molar-refractivity contribution in [2.45, 2.75) is 39.7 Å². The zero-order valence-corrected chi connectivity index (χ0v) is 14.7. The number of hydrogen-bond donors (Lipinski definition) is 1. The molecule has 108 valence electrons. The number of rotatable bonds is 9. The molecule has 1 aromatic carbocycles. The Kier molecular flexibility index (Phi) is 8.84. The number of hydrogen-bond acceptors (Lipinski definition) is 2. The summed E-state index contributed by atoms with van der Waals surface area (Å²) >= 11 is 5.62. The smallest absolute Gasteiger partial charge is 0.0198 e. The molecule has 0 heterocycles. The fraction of sp³-hybridized carbons (Fsp3) is 0.625. The first-order valence-corrected chi connectivity index (χ1v) is 9.12. The maximum Gasteiger partial charge on any atom is 0.0198 e. The summed E-state index contributed by atoms with van der Waals surface area (Å²) in [5.74, 6) is 3.23. The molecule has 0 aliphatic carbocycles. The molecule has 0 aliphatic heterocycles. The molecule has 19 heavy (non-hydrogen) atoms. The van der Waals surface area contributed by atoms with Crippen molar-refractivity contribution in [1.82, 2.24) is 5.32 Å². The molecule has 1 N–H and O–H groups in total. The molecule has 0 bridgehead atoms. The predicted molar refractivity (Wildman–Crippen MR) is 92.1 cm³/mol. The molecule has 3 heteroatoms. The average molecular weight is 344 g/mol. The number of halogens is 1. The quantitative estimate of drug-likeness (QED) is 0.694. The van der Waals surface area contributed by atoms with E-state index in [9.17, 15) is 0 Å². The minimum atomic E-state index is 0.581. The van der Waals surface area contributed by atoms with Gasteiger partial charge in [-0.2, -0.15) is 11.8 Å². The van der Waals surface area contributed by atoms with E-state index in [-0.39, 0.29) is 0 Å². The highest BCUT2D eigenvalue weighted by molar-refractivity contribution is 9.10. The maximum atomic E-state index is 3.67. The first kappa shape index (κ1) is 17.1. The molecule has 0 saturated heterocycles. The lowest BCUT2D eigenvalue weighted by molar-refractivity contribution is 0.549. The third-order valence-electron chi connectivity index (χ3n) is 2.82.